The van der Waals surface area contributed by atoms with Crippen molar-refractivity contribution in [1.29, 1.82) is 0 Å². The van der Waals surface area contributed by atoms with Crippen molar-refractivity contribution < 1.29 is 19.5 Å². The molecule has 0 radical (unpaired) electrons. The molecule has 0 heterocycles. The minimum Gasteiger partial charge on any atom is -0.481 e. The fraction of sp³-hybridized carbons (Fsp3) is 0.400. The van der Waals surface area contributed by atoms with Crippen molar-refractivity contribution in [3.05, 3.63) is 35.9 Å². The molecule has 1 aromatic carbocycles. The van der Waals surface area contributed by atoms with Crippen molar-refractivity contribution in [3.63, 3.8) is 0 Å². The Morgan fingerprint density at radius 2 is 1.81 bits per heavy atom. The van der Waals surface area contributed by atoms with Gasteiger partial charge in [-0.1, -0.05) is 43.8 Å². The molecule has 2 N–H and O–H groups in total. The molecule has 0 fully saturated rings. The molecule has 114 valence electrons. The van der Waals surface area contributed by atoms with Crippen molar-refractivity contribution in [2.45, 2.75) is 26.3 Å². The van der Waals surface area contributed by atoms with Crippen LogP contribution in [0.5, 0.6) is 0 Å². The maximum Gasteiger partial charge on any atom is 0.313 e. The number of benzene rings is 1. The summed E-state index contributed by atoms with van der Waals surface area (Å²) in [6, 6.07) is 7.94. The number of carbonyl (C=O) groups excluding carboxylic acids is 2. The van der Waals surface area contributed by atoms with Gasteiger partial charge in [0.2, 0.25) is 5.12 Å². The Morgan fingerprint density at radius 3 is 2.33 bits per heavy atom. The average molecular weight is 309 g/mol. The Kier molecular flexibility index (Phi) is 6.94. The van der Waals surface area contributed by atoms with Crippen LogP contribution >= 0.6 is 11.8 Å². The Balaban J connectivity index is 2.71. The van der Waals surface area contributed by atoms with Crippen LogP contribution in [0.15, 0.2) is 30.3 Å². The maximum absolute atomic E-state index is 12.1. The fourth-order valence-corrected chi connectivity index (χ4v) is 2.37. The molecule has 21 heavy (non-hydrogen) atoms. The van der Waals surface area contributed by atoms with Crippen molar-refractivity contribution in [2.24, 2.45) is 5.92 Å². The first-order valence-corrected chi connectivity index (χ1v) is 7.63. The van der Waals surface area contributed by atoms with Crippen LogP contribution in [0.25, 0.3) is 0 Å². The van der Waals surface area contributed by atoms with Gasteiger partial charge >= 0.3 is 5.97 Å². The predicted molar refractivity (Wildman–Crippen MR) is 82.3 cm³/mol. The average Bonchev–Trinajstić information content (AvgIpc) is 2.44. The summed E-state index contributed by atoms with van der Waals surface area (Å²) in [6.45, 7) is 3.88. The predicted octanol–water partition coefficient (Wildman–Crippen LogP) is 2.18. The van der Waals surface area contributed by atoms with Gasteiger partial charge in [0.05, 0.1) is 11.8 Å². The second-order valence-corrected chi connectivity index (χ2v) is 6.00. The summed E-state index contributed by atoms with van der Waals surface area (Å²) >= 11 is 0.719. The van der Waals surface area contributed by atoms with Gasteiger partial charge in [-0.3, -0.25) is 14.4 Å². The SMILES string of the molecule is CC(C)C[C@H](NC(=O)c1ccccc1)C(=O)SCC(=O)O. The number of rotatable bonds is 7. The summed E-state index contributed by atoms with van der Waals surface area (Å²) in [5.74, 6) is -1.47. The van der Waals surface area contributed by atoms with E-state index in [1.807, 2.05) is 13.8 Å². The highest BCUT2D eigenvalue weighted by Crippen LogP contribution is 2.14. The Morgan fingerprint density at radius 1 is 1.19 bits per heavy atom. The third kappa shape index (κ3) is 6.44. The minimum atomic E-state index is -1.05. The number of hydrogen-bond acceptors (Lipinski definition) is 4. The standard InChI is InChI=1S/C15H19NO4S/c1-10(2)8-12(15(20)21-9-13(17)18)16-14(19)11-6-4-3-5-7-11/h3-7,10,12H,8-9H2,1-2H3,(H,16,19)(H,17,18)/t12-/m0/s1. The Bertz CT molecular complexity index is 502. The van der Waals surface area contributed by atoms with Crippen molar-refractivity contribution >= 4 is 28.8 Å². The normalized spacial score (nSPS) is 12.0. The first-order valence-electron chi connectivity index (χ1n) is 6.64. The molecule has 0 bridgehead atoms. The lowest BCUT2D eigenvalue weighted by atomic mass is 10.0. The number of aliphatic carboxylic acids is 1. The first kappa shape index (κ1) is 17.2. The molecule has 0 aliphatic heterocycles. The highest BCUT2D eigenvalue weighted by molar-refractivity contribution is 8.14. The van der Waals surface area contributed by atoms with Crippen LogP contribution in [0, 0.1) is 5.92 Å². The van der Waals surface area contributed by atoms with Crippen LogP contribution in [-0.4, -0.2) is 33.9 Å². The molecule has 0 aliphatic carbocycles. The second kappa shape index (κ2) is 8.46. The molecule has 0 aliphatic rings. The molecule has 0 unspecified atom stereocenters. The van der Waals surface area contributed by atoms with E-state index < -0.39 is 12.0 Å². The number of carboxylic acids is 1. The van der Waals surface area contributed by atoms with Gasteiger partial charge in [-0.25, -0.2) is 0 Å². The zero-order valence-corrected chi connectivity index (χ0v) is 12.9. The summed E-state index contributed by atoms with van der Waals surface area (Å²) in [5.41, 5.74) is 0.474. The number of amides is 1. The first-order chi connectivity index (χ1) is 9.90. The molecule has 0 spiro atoms. The summed E-state index contributed by atoms with van der Waals surface area (Å²) < 4.78 is 0. The van der Waals surface area contributed by atoms with E-state index in [0.29, 0.717) is 12.0 Å². The van der Waals surface area contributed by atoms with Gasteiger partial charge in [-0.2, -0.15) is 0 Å². The highest BCUT2D eigenvalue weighted by atomic mass is 32.2. The van der Waals surface area contributed by atoms with E-state index in [2.05, 4.69) is 5.32 Å². The smallest absolute Gasteiger partial charge is 0.313 e. The fourth-order valence-electron chi connectivity index (χ4n) is 1.75. The van der Waals surface area contributed by atoms with Gasteiger partial charge < -0.3 is 10.4 Å². The lowest BCUT2D eigenvalue weighted by Crippen LogP contribution is -2.40. The number of carbonyl (C=O) groups is 3. The summed E-state index contributed by atoms with van der Waals surface area (Å²) in [4.78, 5) is 34.7. The zero-order chi connectivity index (χ0) is 15.8. The van der Waals surface area contributed by atoms with Gasteiger partial charge in [0.1, 0.15) is 0 Å². The number of hydrogen-bond donors (Lipinski definition) is 2. The van der Waals surface area contributed by atoms with Gasteiger partial charge in [0, 0.05) is 5.56 Å². The van der Waals surface area contributed by atoms with Crippen molar-refractivity contribution in [1.82, 2.24) is 5.32 Å². The Labute approximate surface area is 128 Å². The number of nitrogens with one attached hydrogen (secondary N) is 1. The van der Waals surface area contributed by atoms with Crippen molar-refractivity contribution in [2.75, 3.05) is 5.75 Å². The summed E-state index contributed by atoms with van der Waals surface area (Å²) in [5, 5.41) is 11.0. The third-order valence-electron chi connectivity index (χ3n) is 2.67. The zero-order valence-electron chi connectivity index (χ0n) is 12.0. The maximum atomic E-state index is 12.1. The van der Waals surface area contributed by atoms with Crippen LogP contribution in [0.3, 0.4) is 0 Å². The van der Waals surface area contributed by atoms with E-state index in [1.165, 1.54) is 0 Å². The van der Waals surface area contributed by atoms with E-state index in [1.54, 1.807) is 30.3 Å². The molecular formula is C15H19NO4S. The van der Waals surface area contributed by atoms with Crippen LogP contribution in [-0.2, 0) is 9.59 Å². The largest absolute Gasteiger partial charge is 0.481 e. The molecule has 0 saturated heterocycles. The monoisotopic (exact) mass is 309 g/mol. The molecule has 0 saturated carbocycles. The number of thioether (sulfide) groups is 1. The lowest BCUT2D eigenvalue weighted by molar-refractivity contribution is -0.134. The van der Waals surface area contributed by atoms with E-state index in [0.717, 1.165) is 11.8 Å². The van der Waals surface area contributed by atoms with Crippen LogP contribution < -0.4 is 5.32 Å². The number of carboxylic acid groups (broad SMARTS) is 1. The summed E-state index contributed by atoms with van der Waals surface area (Å²) in [7, 11) is 0. The van der Waals surface area contributed by atoms with Crippen LogP contribution in [0.2, 0.25) is 0 Å². The summed E-state index contributed by atoms with van der Waals surface area (Å²) in [6.07, 6.45) is 0.476. The van der Waals surface area contributed by atoms with Gasteiger partial charge in [0.25, 0.3) is 5.91 Å². The van der Waals surface area contributed by atoms with E-state index in [4.69, 9.17) is 5.11 Å². The van der Waals surface area contributed by atoms with Crippen LogP contribution in [0.4, 0.5) is 0 Å². The molecule has 1 rings (SSSR count). The third-order valence-corrected chi connectivity index (χ3v) is 3.63. The minimum absolute atomic E-state index is 0.209. The van der Waals surface area contributed by atoms with E-state index in [9.17, 15) is 14.4 Å². The molecule has 1 amide bonds. The highest BCUT2D eigenvalue weighted by Gasteiger charge is 2.23. The molecule has 0 aromatic heterocycles. The molecular weight excluding hydrogens is 290 g/mol. The second-order valence-electron chi connectivity index (χ2n) is 5.02. The van der Waals surface area contributed by atoms with E-state index in [-0.39, 0.29) is 22.7 Å². The molecule has 1 atom stereocenters. The van der Waals surface area contributed by atoms with Crippen LogP contribution in [0.1, 0.15) is 30.6 Å². The van der Waals surface area contributed by atoms with Gasteiger partial charge in [-0.05, 0) is 24.5 Å². The van der Waals surface area contributed by atoms with E-state index >= 15 is 0 Å². The topological polar surface area (TPSA) is 83.5 Å². The lowest BCUT2D eigenvalue weighted by Gasteiger charge is -2.18. The van der Waals surface area contributed by atoms with Crippen molar-refractivity contribution in [3.8, 4) is 0 Å². The van der Waals surface area contributed by atoms with Gasteiger partial charge in [0.15, 0.2) is 0 Å². The quantitative estimate of drug-likeness (QED) is 0.806. The molecule has 6 heteroatoms. The molecule has 5 nitrogen and oxygen atoms in total. The van der Waals surface area contributed by atoms with Gasteiger partial charge in [-0.15, -0.1) is 0 Å². The molecule has 1 aromatic rings. The Hall–Kier alpha value is -1.82.